The quantitative estimate of drug-likeness (QED) is 0.445. The molecule has 0 heterocycles. The van der Waals surface area contributed by atoms with Gasteiger partial charge in [0.25, 0.3) is 0 Å². The fourth-order valence-electron chi connectivity index (χ4n) is 1.22. The number of hydrogen-bond donors (Lipinski definition) is 2. The summed E-state index contributed by atoms with van der Waals surface area (Å²) in [6.45, 7) is 2.29. The molecule has 0 aromatic heterocycles. The summed E-state index contributed by atoms with van der Waals surface area (Å²) in [5, 5.41) is 7.02. The molecule has 4 heteroatoms. The van der Waals surface area contributed by atoms with Crippen molar-refractivity contribution >= 4 is 5.84 Å². The molecular formula is C11H15FN2O. The van der Waals surface area contributed by atoms with Gasteiger partial charge in [0.1, 0.15) is 11.6 Å². The van der Waals surface area contributed by atoms with Crippen molar-refractivity contribution in [3.8, 4) is 5.75 Å². The van der Waals surface area contributed by atoms with E-state index >= 15 is 0 Å². The molecule has 3 nitrogen and oxygen atoms in total. The fourth-order valence-corrected chi connectivity index (χ4v) is 1.22. The number of nitrogens with two attached hydrogens (primary N) is 1. The molecule has 0 spiro atoms. The van der Waals surface area contributed by atoms with Gasteiger partial charge in [0.15, 0.2) is 0 Å². The van der Waals surface area contributed by atoms with E-state index in [1.165, 1.54) is 12.1 Å². The van der Waals surface area contributed by atoms with Crippen molar-refractivity contribution in [1.82, 2.24) is 0 Å². The highest BCUT2D eigenvalue weighted by Gasteiger charge is 2.00. The molecule has 1 aromatic rings. The smallest absolute Gasteiger partial charge is 0.123 e. The zero-order chi connectivity index (χ0) is 11.3. The van der Waals surface area contributed by atoms with Gasteiger partial charge >= 0.3 is 0 Å². The molecule has 0 amide bonds. The second-order valence-electron chi connectivity index (χ2n) is 3.39. The van der Waals surface area contributed by atoms with Crippen LogP contribution in [-0.2, 0) is 0 Å². The van der Waals surface area contributed by atoms with Crippen molar-refractivity contribution in [2.75, 3.05) is 6.61 Å². The third kappa shape index (κ3) is 3.97. The van der Waals surface area contributed by atoms with Crippen LogP contribution < -0.4 is 10.5 Å². The lowest BCUT2D eigenvalue weighted by Crippen LogP contribution is -2.11. The Balaban J connectivity index is 2.40. The predicted octanol–water partition coefficient (Wildman–Crippen LogP) is 2.23. The first-order chi connectivity index (χ1) is 7.09. The maximum absolute atomic E-state index is 12.7. The first kappa shape index (κ1) is 11.5. The SMILES string of the molecule is Cc1cc(F)ccc1OCCCC(=N)N. The van der Waals surface area contributed by atoms with Crippen LogP contribution in [0.1, 0.15) is 18.4 Å². The second kappa shape index (κ2) is 5.34. The lowest BCUT2D eigenvalue weighted by molar-refractivity contribution is 0.311. The number of halogens is 1. The van der Waals surface area contributed by atoms with Crippen molar-refractivity contribution in [1.29, 1.82) is 5.41 Å². The Morgan fingerprint density at radius 3 is 2.87 bits per heavy atom. The normalized spacial score (nSPS) is 10.0. The van der Waals surface area contributed by atoms with Crippen molar-refractivity contribution in [3.63, 3.8) is 0 Å². The lowest BCUT2D eigenvalue weighted by atomic mass is 10.2. The molecule has 82 valence electrons. The average Bonchev–Trinajstić information content (AvgIpc) is 2.14. The summed E-state index contributed by atoms with van der Waals surface area (Å²) in [6, 6.07) is 4.41. The summed E-state index contributed by atoms with van der Waals surface area (Å²) in [4.78, 5) is 0. The minimum atomic E-state index is -0.261. The molecule has 0 aliphatic heterocycles. The number of hydrogen-bond acceptors (Lipinski definition) is 2. The minimum Gasteiger partial charge on any atom is -0.493 e. The molecule has 0 unspecified atom stereocenters. The number of nitrogens with one attached hydrogen (secondary N) is 1. The van der Waals surface area contributed by atoms with E-state index in [1.807, 2.05) is 0 Å². The minimum absolute atomic E-state index is 0.162. The number of ether oxygens (including phenoxy) is 1. The molecule has 0 atom stereocenters. The van der Waals surface area contributed by atoms with Gasteiger partial charge in [0, 0.05) is 6.42 Å². The van der Waals surface area contributed by atoms with E-state index in [1.54, 1.807) is 13.0 Å². The van der Waals surface area contributed by atoms with Gasteiger partial charge < -0.3 is 10.5 Å². The van der Waals surface area contributed by atoms with Gasteiger partial charge in [0.2, 0.25) is 0 Å². The van der Waals surface area contributed by atoms with E-state index in [9.17, 15) is 4.39 Å². The molecule has 0 saturated heterocycles. The van der Waals surface area contributed by atoms with E-state index in [-0.39, 0.29) is 11.7 Å². The Labute approximate surface area is 88.6 Å². The Bertz CT molecular complexity index is 352. The van der Waals surface area contributed by atoms with Gasteiger partial charge in [-0.25, -0.2) is 4.39 Å². The van der Waals surface area contributed by atoms with Gasteiger partial charge in [0.05, 0.1) is 12.4 Å². The van der Waals surface area contributed by atoms with E-state index in [4.69, 9.17) is 15.9 Å². The van der Waals surface area contributed by atoms with Crippen LogP contribution in [0, 0.1) is 18.2 Å². The molecule has 15 heavy (non-hydrogen) atoms. The number of benzene rings is 1. The third-order valence-corrected chi connectivity index (χ3v) is 1.98. The van der Waals surface area contributed by atoms with Gasteiger partial charge in [-0.3, -0.25) is 5.41 Å². The zero-order valence-electron chi connectivity index (χ0n) is 8.72. The van der Waals surface area contributed by atoms with Gasteiger partial charge in [-0.05, 0) is 37.1 Å². The number of aryl methyl sites for hydroxylation is 1. The second-order valence-corrected chi connectivity index (χ2v) is 3.39. The molecule has 1 aromatic carbocycles. The van der Waals surface area contributed by atoms with E-state index < -0.39 is 0 Å². The van der Waals surface area contributed by atoms with Crippen molar-refractivity contribution in [2.45, 2.75) is 19.8 Å². The Kier molecular flexibility index (Phi) is 4.09. The first-order valence-corrected chi connectivity index (χ1v) is 4.81. The molecular weight excluding hydrogens is 195 g/mol. The van der Waals surface area contributed by atoms with Crippen LogP contribution in [0.4, 0.5) is 4.39 Å². The Morgan fingerprint density at radius 1 is 1.53 bits per heavy atom. The molecule has 3 N–H and O–H groups in total. The van der Waals surface area contributed by atoms with Crippen LogP contribution in [0.2, 0.25) is 0 Å². The molecule has 0 bridgehead atoms. The van der Waals surface area contributed by atoms with E-state index in [0.29, 0.717) is 25.2 Å². The summed E-state index contributed by atoms with van der Waals surface area (Å²) in [6.07, 6.45) is 1.23. The average molecular weight is 210 g/mol. The summed E-state index contributed by atoms with van der Waals surface area (Å²) in [5.41, 5.74) is 5.98. The van der Waals surface area contributed by atoms with Crippen molar-refractivity contribution in [2.24, 2.45) is 5.73 Å². The van der Waals surface area contributed by atoms with E-state index in [0.717, 1.165) is 5.56 Å². The topological polar surface area (TPSA) is 59.1 Å². The molecule has 0 fully saturated rings. The monoisotopic (exact) mass is 210 g/mol. The van der Waals surface area contributed by atoms with Gasteiger partial charge in [-0.1, -0.05) is 0 Å². The van der Waals surface area contributed by atoms with Gasteiger partial charge in [-0.2, -0.15) is 0 Å². The summed E-state index contributed by atoms with van der Waals surface area (Å²) < 4.78 is 18.2. The highest BCUT2D eigenvalue weighted by atomic mass is 19.1. The molecule has 1 rings (SSSR count). The largest absolute Gasteiger partial charge is 0.493 e. The summed E-state index contributed by atoms with van der Waals surface area (Å²) >= 11 is 0. The van der Waals surface area contributed by atoms with Crippen LogP contribution in [-0.4, -0.2) is 12.4 Å². The molecule has 0 aliphatic rings. The van der Waals surface area contributed by atoms with E-state index in [2.05, 4.69) is 0 Å². The maximum Gasteiger partial charge on any atom is 0.123 e. The summed E-state index contributed by atoms with van der Waals surface area (Å²) in [5.74, 6) is 0.581. The predicted molar refractivity (Wildman–Crippen MR) is 57.8 cm³/mol. The third-order valence-electron chi connectivity index (χ3n) is 1.98. The maximum atomic E-state index is 12.7. The van der Waals surface area contributed by atoms with Crippen molar-refractivity contribution < 1.29 is 9.13 Å². The number of amidine groups is 1. The standard InChI is InChI=1S/C11H15FN2O/c1-8-7-9(12)4-5-10(8)15-6-2-3-11(13)14/h4-5,7H,2-3,6H2,1H3,(H3,13,14). The van der Waals surface area contributed by atoms with Crippen LogP contribution in [0.5, 0.6) is 5.75 Å². The highest BCUT2D eigenvalue weighted by molar-refractivity contribution is 5.76. The molecule has 0 aliphatic carbocycles. The molecule has 0 radical (unpaired) electrons. The van der Waals surface area contributed by atoms with Crippen LogP contribution in [0.15, 0.2) is 18.2 Å². The molecule has 0 saturated carbocycles. The first-order valence-electron chi connectivity index (χ1n) is 4.81. The van der Waals surface area contributed by atoms with Crippen LogP contribution in [0.25, 0.3) is 0 Å². The Morgan fingerprint density at radius 2 is 2.27 bits per heavy atom. The van der Waals surface area contributed by atoms with Crippen molar-refractivity contribution in [3.05, 3.63) is 29.6 Å². The van der Waals surface area contributed by atoms with Crippen LogP contribution >= 0.6 is 0 Å². The highest BCUT2D eigenvalue weighted by Crippen LogP contribution is 2.18. The number of rotatable bonds is 5. The van der Waals surface area contributed by atoms with Gasteiger partial charge in [-0.15, -0.1) is 0 Å². The Hall–Kier alpha value is -1.58. The lowest BCUT2D eigenvalue weighted by Gasteiger charge is -2.08. The summed E-state index contributed by atoms with van der Waals surface area (Å²) in [7, 11) is 0. The van der Waals surface area contributed by atoms with Crippen LogP contribution in [0.3, 0.4) is 0 Å². The fraction of sp³-hybridized carbons (Fsp3) is 0.364. The zero-order valence-corrected chi connectivity index (χ0v) is 8.72.